The molecule has 22 heavy (non-hydrogen) atoms. The first-order valence-corrected chi connectivity index (χ1v) is 8.43. The molecule has 1 fully saturated rings. The zero-order chi connectivity index (χ0) is 15.9. The van der Waals surface area contributed by atoms with Gasteiger partial charge in [0.05, 0.1) is 0 Å². The van der Waals surface area contributed by atoms with Crippen LogP contribution >= 0.6 is 0 Å². The number of likely N-dealkylation sites (N-methyl/N-ethyl adjacent to an activating group) is 1. The van der Waals surface area contributed by atoms with Crippen molar-refractivity contribution in [2.24, 2.45) is 5.92 Å². The lowest BCUT2D eigenvalue weighted by atomic mass is 10.0. The van der Waals surface area contributed by atoms with Crippen LogP contribution in [0.5, 0.6) is 0 Å². The van der Waals surface area contributed by atoms with Crippen LogP contribution in [0, 0.1) is 5.92 Å². The largest absolute Gasteiger partial charge is 0.341 e. The average Bonchev–Trinajstić information content (AvgIpc) is 3.02. The van der Waals surface area contributed by atoms with E-state index in [1.54, 1.807) is 0 Å². The van der Waals surface area contributed by atoms with Crippen LogP contribution in [-0.4, -0.2) is 55.5 Å². The first-order chi connectivity index (χ1) is 10.7. The molecular formula is C18H29N3O. The van der Waals surface area contributed by atoms with Crippen LogP contribution in [0.25, 0.3) is 0 Å². The van der Waals surface area contributed by atoms with E-state index in [2.05, 4.69) is 41.1 Å². The number of hydrogen-bond acceptors (Lipinski definition) is 3. The molecule has 2 atom stereocenters. The molecule has 122 valence electrons. The van der Waals surface area contributed by atoms with Gasteiger partial charge in [0.1, 0.15) is 6.04 Å². The molecule has 0 spiro atoms. The predicted octanol–water partition coefficient (Wildman–Crippen LogP) is 2.14. The summed E-state index contributed by atoms with van der Waals surface area (Å²) in [4.78, 5) is 17.4. The summed E-state index contributed by atoms with van der Waals surface area (Å²) in [6, 6.07) is 10.0. The number of nitrogens with one attached hydrogen (secondary N) is 1. The van der Waals surface area contributed by atoms with E-state index in [1.807, 2.05) is 25.2 Å². The third-order valence-corrected chi connectivity index (χ3v) is 4.62. The van der Waals surface area contributed by atoms with Crippen molar-refractivity contribution in [3.8, 4) is 0 Å². The molecule has 1 heterocycles. The lowest BCUT2D eigenvalue weighted by Crippen LogP contribution is -2.42. The van der Waals surface area contributed by atoms with Gasteiger partial charge in [-0.2, -0.15) is 0 Å². The first-order valence-electron chi connectivity index (χ1n) is 8.43. The van der Waals surface area contributed by atoms with Gasteiger partial charge in [0.15, 0.2) is 0 Å². The Hall–Kier alpha value is -1.39. The van der Waals surface area contributed by atoms with Crippen molar-refractivity contribution in [3.05, 3.63) is 35.9 Å². The summed E-state index contributed by atoms with van der Waals surface area (Å²) in [5.41, 5.74) is 1.10. The summed E-state index contributed by atoms with van der Waals surface area (Å²) < 4.78 is 0. The number of rotatable bonds is 7. The molecule has 4 nitrogen and oxygen atoms in total. The average molecular weight is 303 g/mol. The summed E-state index contributed by atoms with van der Waals surface area (Å²) in [5, 5.41) is 3.23. The van der Waals surface area contributed by atoms with Gasteiger partial charge in [0, 0.05) is 13.1 Å². The maximum atomic E-state index is 13.1. The van der Waals surface area contributed by atoms with Crippen molar-refractivity contribution in [3.63, 3.8) is 0 Å². The maximum Gasteiger partial charge on any atom is 0.244 e. The molecule has 0 aromatic heterocycles. The topological polar surface area (TPSA) is 35.6 Å². The normalized spacial score (nSPS) is 19.6. The molecule has 1 aliphatic heterocycles. The molecular weight excluding hydrogens is 274 g/mol. The van der Waals surface area contributed by atoms with E-state index in [4.69, 9.17) is 0 Å². The van der Waals surface area contributed by atoms with Crippen LogP contribution in [0.3, 0.4) is 0 Å². The number of nitrogens with zero attached hydrogens (tertiary/aromatic N) is 2. The number of carbonyl (C=O) groups is 1. The smallest absolute Gasteiger partial charge is 0.244 e. The summed E-state index contributed by atoms with van der Waals surface area (Å²) >= 11 is 0. The third-order valence-electron chi connectivity index (χ3n) is 4.62. The Morgan fingerprint density at radius 1 is 1.32 bits per heavy atom. The van der Waals surface area contributed by atoms with Crippen molar-refractivity contribution in [2.75, 3.05) is 39.8 Å². The van der Waals surface area contributed by atoms with Crippen molar-refractivity contribution >= 4 is 5.91 Å². The fourth-order valence-corrected chi connectivity index (χ4v) is 3.39. The number of amides is 1. The highest BCUT2D eigenvalue weighted by Crippen LogP contribution is 2.26. The minimum absolute atomic E-state index is 0.149. The highest BCUT2D eigenvalue weighted by Gasteiger charge is 2.33. The zero-order valence-corrected chi connectivity index (χ0v) is 14.1. The molecule has 4 heteroatoms. The Bertz CT molecular complexity index is 459. The zero-order valence-electron chi connectivity index (χ0n) is 14.1. The molecule has 0 saturated carbocycles. The molecule has 1 amide bonds. The van der Waals surface area contributed by atoms with Gasteiger partial charge in [0.2, 0.25) is 5.91 Å². The van der Waals surface area contributed by atoms with Crippen molar-refractivity contribution in [1.82, 2.24) is 15.1 Å². The molecule has 1 saturated heterocycles. The van der Waals surface area contributed by atoms with Gasteiger partial charge in [-0.05, 0) is 44.6 Å². The van der Waals surface area contributed by atoms with E-state index in [1.165, 1.54) is 0 Å². The Labute approximate surface area is 134 Å². The minimum Gasteiger partial charge on any atom is -0.341 e. The van der Waals surface area contributed by atoms with Crippen molar-refractivity contribution < 1.29 is 4.79 Å². The van der Waals surface area contributed by atoms with Gasteiger partial charge in [-0.3, -0.25) is 9.69 Å². The third kappa shape index (κ3) is 3.87. The van der Waals surface area contributed by atoms with Crippen LogP contribution in [0.1, 0.15) is 31.9 Å². The molecule has 2 rings (SSSR count). The highest BCUT2D eigenvalue weighted by molar-refractivity contribution is 5.83. The quantitative estimate of drug-likeness (QED) is 0.838. The Morgan fingerprint density at radius 2 is 2.00 bits per heavy atom. The molecule has 1 aliphatic rings. The molecule has 0 radical (unpaired) electrons. The van der Waals surface area contributed by atoms with Gasteiger partial charge in [0.25, 0.3) is 0 Å². The van der Waals surface area contributed by atoms with Gasteiger partial charge >= 0.3 is 0 Å². The van der Waals surface area contributed by atoms with E-state index >= 15 is 0 Å². The van der Waals surface area contributed by atoms with E-state index in [-0.39, 0.29) is 11.9 Å². The summed E-state index contributed by atoms with van der Waals surface area (Å²) in [5.74, 6) is 0.843. The summed E-state index contributed by atoms with van der Waals surface area (Å²) in [7, 11) is 1.98. The lowest BCUT2D eigenvalue weighted by molar-refractivity contribution is -0.136. The second kappa shape index (κ2) is 8.30. The predicted molar refractivity (Wildman–Crippen MR) is 90.7 cm³/mol. The molecule has 0 aliphatic carbocycles. The second-order valence-electron chi connectivity index (χ2n) is 6.03. The molecule has 1 aromatic rings. The molecule has 1 aromatic carbocycles. The number of carbonyl (C=O) groups excluding carboxylic acids is 1. The fourth-order valence-electron chi connectivity index (χ4n) is 3.39. The lowest BCUT2D eigenvalue weighted by Gasteiger charge is -2.32. The molecule has 1 N–H and O–H groups in total. The van der Waals surface area contributed by atoms with Crippen LogP contribution in [0.4, 0.5) is 0 Å². The van der Waals surface area contributed by atoms with E-state index in [9.17, 15) is 4.79 Å². The standard InChI is InChI=1S/C18H29N3O/c1-4-20(5-2)17(16-9-7-6-8-10-16)18(22)21-12-11-15(14-21)13-19-3/h6-10,15,17,19H,4-5,11-14H2,1-3H3. The van der Waals surface area contributed by atoms with Gasteiger partial charge < -0.3 is 10.2 Å². The second-order valence-corrected chi connectivity index (χ2v) is 6.03. The maximum absolute atomic E-state index is 13.1. The Balaban J connectivity index is 2.17. The van der Waals surface area contributed by atoms with Crippen LogP contribution < -0.4 is 5.32 Å². The van der Waals surface area contributed by atoms with E-state index < -0.39 is 0 Å². The Kier molecular flexibility index (Phi) is 6.40. The fraction of sp³-hybridized carbons (Fsp3) is 0.611. The van der Waals surface area contributed by atoms with E-state index in [0.29, 0.717) is 5.92 Å². The van der Waals surface area contributed by atoms with Crippen molar-refractivity contribution in [1.29, 1.82) is 0 Å². The first kappa shape index (κ1) is 17.0. The summed E-state index contributed by atoms with van der Waals surface area (Å²) in [6.45, 7) is 8.78. The number of hydrogen-bond donors (Lipinski definition) is 1. The van der Waals surface area contributed by atoms with Crippen LogP contribution in [0.15, 0.2) is 30.3 Å². The minimum atomic E-state index is -0.149. The molecule has 0 bridgehead atoms. The number of likely N-dealkylation sites (tertiary alicyclic amines) is 1. The van der Waals surface area contributed by atoms with Gasteiger partial charge in [-0.1, -0.05) is 44.2 Å². The number of benzene rings is 1. The van der Waals surface area contributed by atoms with Gasteiger partial charge in [-0.15, -0.1) is 0 Å². The van der Waals surface area contributed by atoms with Crippen LogP contribution in [0.2, 0.25) is 0 Å². The van der Waals surface area contributed by atoms with E-state index in [0.717, 1.165) is 44.7 Å². The Morgan fingerprint density at radius 3 is 2.59 bits per heavy atom. The SMILES string of the molecule is CCN(CC)C(C(=O)N1CCC(CNC)C1)c1ccccc1. The van der Waals surface area contributed by atoms with Gasteiger partial charge in [-0.25, -0.2) is 0 Å². The monoisotopic (exact) mass is 303 g/mol. The highest BCUT2D eigenvalue weighted by atomic mass is 16.2. The summed E-state index contributed by atoms with van der Waals surface area (Å²) in [6.07, 6.45) is 1.10. The molecule has 2 unspecified atom stereocenters. The van der Waals surface area contributed by atoms with Crippen LogP contribution in [-0.2, 0) is 4.79 Å². The van der Waals surface area contributed by atoms with Crippen molar-refractivity contribution in [2.45, 2.75) is 26.3 Å².